The molecule has 16 heavy (non-hydrogen) atoms. The molecule has 92 valence electrons. The van der Waals surface area contributed by atoms with E-state index in [2.05, 4.69) is 11.8 Å². The molecule has 0 bridgehead atoms. The molecule has 0 aliphatic heterocycles. The molecule has 0 spiro atoms. The van der Waals surface area contributed by atoms with Crippen LogP contribution in [0, 0.1) is 0 Å². The predicted molar refractivity (Wildman–Crippen MR) is 73.7 cm³/mol. The molecule has 0 saturated heterocycles. The molecule has 2 nitrogen and oxygen atoms in total. The first-order chi connectivity index (χ1) is 7.04. The average Bonchev–Trinajstić information content (AvgIpc) is 2.22. The van der Waals surface area contributed by atoms with Gasteiger partial charge >= 0.3 is 0 Å². The Bertz CT molecular complexity index is 331. The van der Waals surface area contributed by atoms with Crippen LogP contribution in [0.4, 0.5) is 0 Å². The maximum atomic E-state index is 5.94. The fourth-order valence-electron chi connectivity index (χ4n) is 1.26. The second-order valence-electron chi connectivity index (χ2n) is 3.75. The zero-order valence-electron chi connectivity index (χ0n) is 9.41. The van der Waals surface area contributed by atoms with Crippen molar-refractivity contribution in [3.05, 3.63) is 33.8 Å². The summed E-state index contributed by atoms with van der Waals surface area (Å²) < 4.78 is 0. The van der Waals surface area contributed by atoms with Crippen LogP contribution in [0.3, 0.4) is 0 Å². The van der Waals surface area contributed by atoms with E-state index >= 15 is 0 Å². The molecule has 1 unspecified atom stereocenters. The van der Waals surface area contributed by atoms with Gasteiger partial charge in [-0.25, -0.2) is 0 Å². The summed E-state index contributed by atoms with van der Waals surface area (Å²) in [7, 11) is 2.04. The fraction of sp³-hybridized carbons (Fsp3) is 0.455. The molecule has 0 amide bonds. The highest BCUT2D eigenvalue weighted by molar-refractivity contribution is 6.42. The number of rotatable bonds is 4. The van der Waals surface area contributed by atoms with Gasteiger partial charge in [-0.1, -0.05) is 29.3 Å². The van der Waals surface area contributed by atoms with Crippen molar-refractivity contribution in [2.24, 2.45) is 5.73 Å². The minimum Gasteiger partial charge on any atom is -0.329 e. The summed E-state index contributed by atoms with van der Waals surface area (Å²) in [5.74, 6) is 0. The maximum absolute atomic E-state index is 5.94. The molecule has 0 saturated carbocycles. The van der Waals surface area contributed by atoms with Crippen molar-refractivity contribution in [1.29, 1.82) is 0 Å². The molecular weight excluding hydrogens is 266 g/mol. The van der Waals surface area contributed by atoms with Crippen LogP contribution in [0.1, 0.15) is 12.5 Å². The van der Waals surface area contributed by atoms with Crippen LogP contribution in [0.15, 0.2) is 18.2 Å². The van der Waals surface area contributed by atoms with Gasteiger partial charge in [-0.15, -0.1) is 12.4 Å². The largest absolute Gasteiger partial charge is 0.329 e. The van der Waals surface area contributed by atoms with E-state index in [1.165, 1.54) is 0 Å². The van der Waals surface area contributed by atoms with Crippen LogP contribution in [-0.2, 0) is 6.54 Å². The van der Waals surface area contributed by atoms with Gasteiger partial charge < -0.3 is 5.73 Å². The molecule has 0 aliphatic rings. The van der Waals surface area contributed by atoms with E-state index in [-0.39, 0.29) is 12.4 Å². The number of nitrogens with two attached hydrogens (primary N) is 1. The summed E-state index contributed by atoms with van der Waals surface area (Å²) in [6, 6.07) is 6.05. The average molecular weight is 284 g/mol. The Kier molecular flexibility index (Phi) is 7.36. The van der Waals surface area contributed by atoms with Gasteiger partial charge in [0.05, 0.1) is 10.0 Å². The Morgan fingerprint density at radius 2 is 1.94 bits per heavy atom. The van der Waals surface area contributed by atoms with E-state index in [1.54, 1.807) is 0 Å². The first-order valence-corrected chi connectivity index (χ1v) is 5.64. The van der Waals surface area contributed by atoms with E-state index in [0.717, 1.165) is 12.1 Å². The number of likely N-dealkylation sites (N-methyl/N-ethyl adjacent to an activating group) is 1. The number of hydrogen-bond donors (Lipinski definition) is 1. The van der Waals surface area contributed by atoms with Gasteiger partial charge in [0, 0.05) is 19.1 Å². The zero-order valence-corrected chi connectivity index (χ0v) is 11.7. The summed E-state index contributed by atoms with van der Waals surface area (Å²) in [5, 5.41) is 1.19. The van der Waals surface area contributed by atoms with Crippen molar-refractivity contribution in [2.45, 2.75) is 19.5 Å². The predicted octanol–water partition coefficient (Wildman–Crippen LogP) is 3.19. The van der Waals surface area contributed by atoms with Crippen LogP contribution < -0.4 is 5.73 Å². The lowest BCUT2D eigenvalue weighted by Gasteiger charge is -2.23. The van der Waals surface area contributed by atoms with E-state index in [1.807, 2.05) is 25.2 Å². The highest BCUT2D eigenvalue weighted by Crippen LogP contribution is 2.23. The summed E-state index contributed by atoms with van der Waals surface area (Å²) in [5.41, 5.74) is 6.74. The van der Waals surface area contributed by atoms with Crippen molar-refractivity contribution in [2.75, 3.05) is 13.6 Å². The lowest BCUT2D eigenvalue weighted by molar-refractivity contribution is 0.255. The first kappa shape index (κ1) is 16.0. The van der Waals surface area contributed by atoms with Crippen molar-refractivity contribution < 1.29 is 0 Å². The Morgan fingerprint density at radius 3 is 2.44 bits per heavy atom. The third-order valence-electron chi connectivity index (χ3n) is 2.51. The van der Waals surface area contributed by atoms with Gasteiger partial charge in [0.15, 0.2) is 0 Å². The SMILES string of the molecule is CC(CN)N(C)Cc1ccc(Cl)c(Cl)c1.Cl. The lowest BCUT2D eigenvalue weighted by Crippen LogP contribution is -2.34. The van der Waals surface area contributed by atoms with Crippen LogP contribution in [-0.4, -0.2) is 24.5 Å². The highest BCUT2D eigenvalue weighted by atomic mass is 35.5. The van der Waals surface area contributed by atoms with Crippen molar-refractivity contribution in [1.82, 2.24) is 4.90 Å². The Hall–Kier alpha value is 0.01000. The molecule has 0 radical (unpaired) electrons. The van der Waals surface area contributed by atoms with Gasteiger partial charge in [0.25, 0.3) is 0 Å². The highest BCUT2D eigenvalue weighted by Gasteiger charge is 2.08. The van der Waals surface area contributed by atoms with Crippen LogP contribution >= 0.6 is 35.6 Å². The molecule has 0 fully saturated rings. The molecule has 0 aromatic heterocycles. The number of halogens is 3. The molecule has 1 atom stereocenters. The fourth-order valence-corrected chi connectivity index (χ4v) is 1.58. The van der Waals surface area contributed by atoms with Crippen LogP contribution in [0.2, 0.25) is 10.0 Å². The molecular formula is C11H17Cl3N2. The molecule has 1 aromatic rings. The summed E-state index contributed by atoms with van der Waals surface area (Å²) in [6.45, 7) is 3.57. The van der Waals surface area contributed by atoms with Gasteiger partial charge in [-0.05, 0) is 31.7 Å². The quantitative estimate of drug-likeness (QED) is 0.919. The standard InChI is InChI=1S/C11H16Cl2N2.ClH/c1-8(6-14)15(2)7-9-3-4-10(12)11(13)5-9;/h3-5,8H,6-7,14H2,1-2H3;1H. The number of hydrogen-bond acceptors (Lipinski definition) is 2. The van der Waals surface area contributed by atoms with Gasteiger partial charge in [0.1, 0.15) is 0 Å². The second-order valence-corrected chi connectivity index (χ2v) is 4.56. The minimum absolute atomic E-state index is 0. The second kappa shape index (κ2) is 7.36. The van der Waals surface area contributed by atoms with E-state index in [0.29, 0.717) is 22.6 Å². The minimum atomic E-state index is 0. The number of nitrogens with zero attached hydrogens (tertiary/aromatic N) is 1. The van der Waals surface area contributed by atoms with Gasteiger partial charge in [-0.3, -0.25) is 4.90 Å². The summed E-state index contributed by atoms with van der Waals surface area (Å²) >= 11 is 11.8. The third-order valence-corrected chi connectivity index (χ3v) is 3.25. The maximum Gasteiger partial charge on any atom is 0.0595 e. The van der Waals surface area contributed by atoms with Crippen LogP contribution in [0.5, 0.6) is 0 Å². The van der Waals surface area contributed by atoms with Crippen LogP contribution in [0.25, 0.3) is 0 Å². The topological polar surface area (TPSA) is 29.3 Å². The van der Waals surface area contributed by atoms with E-state index in [4.69, 9.17) is 28.9 Å². The Labute approximate surface area is 113 Å². The lowest BCUT2D eigenvalue weighted by atomic mass is 10.2. The molecule has 0 heterocycles. The molecule has 1 aromatic carbocycles. The Balaban J connectivity index is 0.00000225. The van der Waals surface area contributed by atoms with Gasteiger partial charge in [0.2, 0.25) is 0 Å². The monoisotopic (exact) mass is 282 g/mol. The van der Waals surface area contributed by atoms with Crippen molar-refractivity contribution in [3.8, 4) is 0 Å². The zero-order chi connectivity index (χ0) is 11.4. The summed E-state index contributed by atoms with van der Waals surface area (Å²) in [6.07, 6.45) is 0. The normalized spacial score (nSPS) is 12.4. The molecule has 5 heteroatoms. The van der Waals surface area contributed by atoms with E-state index < -0.39 is 0 Å². The van der Waals surface area contributed by atoms with Gasteiger partial charge in [-0.2, -0.15) is 0 Å². The van der Waals surface area contributed by atoms with Crippen molar-refractivity contribution in [3.63, 3.8) is 0 Å². The Morgan fingerprint density at radius 1 is 1.31 bits per heavy atom. The van der Waals surface area contributed by atoms with Crippen molar-refractivity contribution >= 4 is 35.6 Å². The first-order valence-electron chi connectivity index (χ1n) is 4.89. The molecule has 2 N–H and O–H groups in total. The third kappa shape index (κ3) is 4.48. The summed E-state index contributed by atoms with van der Waals surface area (Å²) in [4.78, 5) is 2.18. The van der Waals surface area contributed by atoms with E-state index in [9.17, 15) is 0 Å². The number of benzene rings is 1. The molecule has 0 aliphatic carbocycles. The smallest absolute Gasteiger partial charge is 0.0595 e. The molecule has 1 rings (SSSR count).